The largest absolute Gasteiger partial charge is 0.357 e. The highest BCUT2D eigenvalue weighted by Gasteiger charge is 2.25. The Hall–Kier alpha value is -1.31. The number of rotatable bonds is 6. The Morgan fingerprint density at radius 3 is 2.48 bits per heavy atom. The van der Waals surface area contributed by atoms with Crippen LogP contribution in [0.1, 0.15) is 48.9 Å². The summed E-state index contributed by atoms with van der Waals surface area (Å²) in [6.07, 6.45) is 2.50. The smallest absolute Gasteiger partial charge is 0.222 e. The summed E-state index contributed by atoms with van der Waals surface area (Å²) in [5.41, 5.74) is 5.41. The summed E-state index contributed by atoms with van der Waals surface area (Å²) >= 11 is 0. The predicted octanol–water partition coefficient (Wildman–Crippen LogP) is 3.34. The predicted molar refractivity (Wildman–Crippen MR) is 124 cm³/mol. The monoisotopic (exact) mass is 486 g/mol. The van der Waals surface area contributed by atoms with Gasteiger partial charge in [0.05, 0.1) is 0 Å². The fraction of sp³-hybridized carbons (Fsp3) is 0.619. The lowest BCUT2D eigenvalue weighted by atomic mass is 9.97. The normalized spacial score (nSPS) is 16.9. The lowest BCUT2D eigenvalue weighted by Gasteiger charge is -2.19. The number of carbonyl (C=O) groups excluding carboxylic acids is 1. The maximum Gasteiger partial charge on any atom is 0.222 e. The van der Waals surface area contributed by atoms with Crippen LogP contribution >= 0.6 is 24.0 Å². The van der Waals surface area contributed by atoms with Gasteiger partial charge in [-0.05, 0) is 57.2 Å². The summed E-state index contributed by atoms with van der Waals surface area (Å²) in [5, 5.41) is 6.82. The minimum Gasteiger partial charge on any atom is -0.357 e. The van der Waals surface area contributed by atoms with Crippen molar-refractivity contribution in [3.8, 4) is 0 Å². The van der Waals surface area contributed by atoms with Gasteiger partial charge in [-0.3, -0.25) is 9.79 Å². The first-order chi connectivity index (χ1) is 12.4. The molecule has 1 atom stereocenters. The van der Waals surface area contributed by atoms with Gasteiger partial charge in [0.1, 0.15) is 0 Å². The summed E-state index contributed by atoms with van der Waals surface area (Å²) in [6, 6.07) is 4.77. The van der Waals surface area contributed by atoms with Crippen LogP contribution in [0.5, 0.6) is 0 Å². The summed E-state index contributed by atoms with van der Waals surface area (Å²) in [7, 11) is 0. The van der Waals surface area contributed by atoms with Crippen LogP contribution in [0.15, 0.2) is 17.1 Å². The van der Waals surface area contributed by atoms with Gasteiger partial charge >= 0.3 is 0 Å². The van der Waals surface area contributed by atoms with Crippen molar-refractivity contribution in [3.05, 3.63) is 34.4 Å². The SMILES string of the molecule is CCNC(=NCCc1c(C)cc(C)cc1C)NC1CCN(C(=O)CC)C1.I. The number of aryl methyl sites for hydroxylation is 3. The topological polar surface area (TPSA) is 56.7 Å². The van der Waals surface area contributed by atoms with Gasteiger partial charge in [0.25, 0.3) is 0 Å². The van der Waals surface area contributed by atoms with Gasteiger partial charge in [-0.25, -0.2) is 0 Å². The fourth-order valence-corrected chi connectivity index (χ4v) is 3.73. The molecule has 152 valence electrons. The number of amides is 1. The fourth-order valence-electron chi connectivity index (χ4n) is 3.73. The minimum atomic E-state index is 0. The summed E-state index contributed by atoms with van der Waals surface area (Å²) < 4.78 is 0. The second kappa shape index (κ2) is 11.5. The quantitative estimate of drug-likeness (QED) is 0.369. The van der Waals surface area contributed by atoms with E-state index in [1.807, 2.05) is 11.8 Å². The minimum absolute atomic E-state index is 0. The molecule has 1 aromatic carbocycles. The maximum absolute atomic E-state index is 11.8. The zero-order chi connectivity index (χ0) is 19.1. The van der Waals surface area contributed by atoms with Crippen LogP contribution in [0.4, 0.5) is 0 Å². The van der Waals surface area contributed by atoms with E-state index in [0.29, 0.717) is 6.42 Å². The highest BCUT2D eigenvalue weighted by Crippen LogP contribution is 2.17. The van der Waals surface area contributed by atoms with E-state index in [9.17, 15) is 4.79 Å². The number of aliphatic imine (C=N–C) groups is 1. The Labute approximate surface area is 181 Å². The first-order valence-electron chi connectivity index (χ1n) is 9.83. The van der Waals surface area contributed by atoms with Gasteiger partial charge < -0.3 is 15.5 Å². The van der Waals surface area contributed by atoms with E-state index >= 15 is 0 Å². The van der Waals surface area contributed by atoms with Crippen LogP contribution in [0.3, 0.4) is 0 Å². The molecule has 1 aliphatic rings. The van der Waals surface area contributed by atoms with Crippen molar-refractivity contribution >= 4 is 35.8 Å². The third-order valence-corrected chi connectivity index (χ3v) is 5.00. The van der Waals surface area contributed by atoms with Crippen molar-refractivity contribution in [2.75, 3.05) is 26.2 Å². The molecule has 0 radical (unpaired) electrons. The second-order valence-corrected chi connectivity index (χ2v) is 7.21. The van der Waals surface area contributed by atoms with Crippen molar-refractivity contribution in [2.45, 2.75) is 59.9 Å². The Kier molecular flexibility index (Phi) is 10.1. The first-order valence-corrected chi connectivity index (χ1v) is 9.83. The lowest BCUT2D eigenvalue weighted by molar-refractivity contribution is -0.129. The number of hydrogen-bond acceptors (Lipinski definition) is 2. The third-order valence-electron chi connectivity index (χ3n) is 5.00. The Bertz CT molecular complexity index is 637. The number of nitrogens with zero attached hydrogens (tertiary/aromatic N) is 2. The molecule has 1 aliphatic heterocycles. The van der Waals surface area contributed by atoms with E-state index in [1.165, 1.54) is 22.3 Å². The van der Waals surface area contributed by atoms with Crippen molar-refractivity contribution in [1.29, 1.82) is 0 Å². The molecule has 1 fully saturated rings. The summed E-state index contributed by atoms with van der Waals surface area (Å²) in [4.78, 5) is 18.5. The molecular formula is C21H35IN4O. The molecule has 1 unspecified atom stereocenters. The average Bonchev–Trinajstić information content (AvgIpc) is 3.05. The molecule has 0 aromatic heterocycles. The Balaban J connectivity index is 0.00000364. The second-order valence-electron chi connectivity index (χ2n) is 7.21. The van der Waals surface area contributed by atoms with E-state index in [2.05, 4.69) is 50.5 Å². The molecule has 0 spiro atoms. The molecule has 0 bridgehead atoms. The lowest BCUT2D eigenvalue weighted by Crippen LogP contribution is -2.45. The van der Waals surface area contributed by atoms with Crippen LogP contribution in [0.25, 0.3) is 0 Å². The molecule has 2 rings (SSSR count). The highest BCUT2D eigenvalue weighted by molar-refractivity contribution is 14.0. The van der Waals surface area contributed by atoms with Crippen molar-refractivity contribution in [1.82, 2.24) is 15.5 Å². The summed E-state index contributed by atoms with van der Waals surface area (Å²) in [6.45, 7) is 13.7. The maximum atomic E-state index is 11.8. The Morgan fingerprint density at radius 2 is 1.89 bits per heavy atom. The number of halogens is 1. The molecule has 1 heterocycles. The van der Waals surface area contributed by atoms with Gasteiger partial charge in [0, 0.05) is 38.6 Å². The van der Waals surface area contributed by atoms with E-state index in [1.54, 1.807) is 0 Å². The molecule has 1 amide bonds. The third kappa shape index (κ3) is 6.97. The molecule has 2 N–H and O–H groups in total. The molecule has 0 aliphatic carbocycles. The van der Waals surface area contributed by atoms with E-state index in [-0.39, 0.29) is 35.9 Å². The molecule has 1 saturated heterocycles. The molecule has 27 heavy (non-hydrogen) atoms. The highest BCUT2D eigenvalue weighted by atomic mass is 127. The number of likely N-dealkylation sites (tertiary alicyclic amines) is 1. The number of carbonyl (C=O) groups is 1. The number of benzene rings is 1. The van der Waals surface area contributed by atoms with Gasteiger partial charge in [-0.1, -0.05) is 24.6 Å². The van der Waals surface area contributed by atoms with E-state index in [0.717, 1.165) is 45.0 Å². The molecule has 1 aromatic rings. The van der Waals surface area contributed by atoms with E-state index in [4.69, 9.17) is 4.99 Å². The molecule has 5 nitrogen and oxygen atoms in total. The first kappa shape index (κ1) is 23.7. The van der Waals surface area contributed by atoms with Crippen molar-refractivity contribution in [3.63, 3.8) is 0 Å². The van der Waals surface area contributed by atoms with Crippen molar-refractivity contribution < 1.29 is 4.79 Å². The summed E-state index contributed by atoms with van der Waals surface area (Å²) in [5.74, 6) is 1.09. The van der Waals surface area contributed by atoms with Gasteiger partial charge in [-0.2, -0.15) is 0 Å². The molecular weight excluding hydrogens is 451 g/mol. The van der Waals surface area contributed by atoms with Gasteiger partial charge in [-0.15, -0.1) is 24.0 Å². The zero-order valence-corrected chi connectivity index (χ0v) is 19.7. The van der Waals surface area contributed by atoms with Crippen LogP contribution < -0.4 is 10.6 Å². The Morgan fingerprint density at radius 1 is 1.22 bits per heavy atom. The number of guanidine groups is 1. The van der Waals surface area contributed by atoms with Gasteiger partial charge in [0.2, 0.25) is 5.91 Å². The van der Waals surface area contributed by atoms with E-state index < -0.39 is 0 Å². The molecule has 6 heteroatoms. The van der Waals surface area contributed by atoms with Crippen LogP contribution in [0, 0.1) is 20.8 Å². The zero-order valence-electron chi connectivity index (χ0n) is 17.4. The standard InChI is InChI=1S/C21H34N4O.HI/c1-6-20(26)25-11-9-18(14-25)24-21(22-7-2)23-10-8-19-16(4)12-15(3)13-17(19)5;/h12-13,18H,6-11,14H2,1-5H3,(H2,22,23,24);1H. The number of nitrogens with one attached hydrogen (secondary N) is 2. The van der Waals surface area contributed by atoms with Crippen LogP contribution in [-0.4, -0.2) is 49.0 Å². The molecule has 0 saturated carbocycles. The average molecular weight is 486 g/mol. The van der Waals surface area contributed by atoms with Gasteiger partial charge in [0.15, 0.2) is 5.96 Å². The van der Waals surface area contributed by atoms with Crippen LogP contribution in [-0.2, 0) is 11.2 Å². The van der Waals surface area contributed by atoms with Crippen molar-refractivity contribution in [2.24, 2.45) is 4.99 Å². The number of hydrogen-bond donors (Lipinski definition) is 2. The van der Waals surface area contributed by atoms with Crippen LogP contribution in [0.2, 0.25) is 0 Å².